The van der Waals surface area contributed by atoms with E-state index in [-0.39, 0.29) is 50.2 Å². The molecule has 3 rings (SSSR count). The van der Waals surface area contributed by atoms with Crippen LogP contribution in [0.4, 0.5) is 0 Å². The van der Waals surface area contributed by atoms with E-state index in [0.717, 1.165) is 38.6 Å². The molecule has 0 saturated carbocycles. The predicted molar refractivity (Wildman–Crippen MR) is 129 cm³/mol. The van der Waals surface area contributed by atoms with Crippen LogP contribution in [0.5, 0.6) is 11.5 Å². The number of carbonyl (C=O) groups excluding carboxylic acids is 2. The Balaban J connectivity index is 1.90. The minimum absolute atomic E-state index is 0.175. The largest absolute Gasteiger partial charge is 0.489 e. The van der Waals surface area contributed by atoms with E-state index >= 15 is 0 Å². The van der Waals surface area contributed by atoms with Gasteiger partial charge in [-0.1, -0.05) is 69.7 Å². The van der Waals surface area contributed by atoms with E-state index in [1.807, 2.05) is 43.3 Å². The van der Waals surface area contributed by atoms with E-state index in [4.69, 9.17) is 18.9 Å². The lowest BCUT2D eigenvalue weighted by Gasteiger charge is -2.18. The third-order valence-electron chi connectivity index (χ3n) is 5.17. The fourth-order valence-corrected chi connectivity index (χ4v) is 3.43. The number of hydrogen-bond donors (Lipinski definition) is 0. The Labute approximate surface area is 194 Å². The number of rotatable bonds is 10. The number of aryl methyl sites for hydroxylation is 1. The van der Waals surface area contributed by atoms with Crippen LogP contribution in [0.25, 0.3) is 21.5 Å². The minimum atomic E-state index is -0.245. The lowest BCUT2D eigenvalue weighted by atomic mass is 9.99. The maximum atomic E-state index is 11.7. The maximum Gasteiger partial charge on any atom is 0.308 e. The first-order chi connectivity index (χ1) is 15.8. The van der Waals surface area contributed by atoms with Gasteiger partial charge in [0.15, 0.2) is 0 Å². The number of esters is 2. The number of fused-ring (bicyclic) bond motifs is 2. The average molecular weight is 453 g/mol. The Bertz CT molecular complexity index is 1130. The van der Waals surface area contributed by atoms with Crippen LogP contribution in [0.2, 0.25) is 0 Å². The molecule has 3 aromatic rings. The zero-order valence-corrected chi connectivity index (χ0v) is 20.0. The van der Waals surface area contributed by atoms with Gasteiger partial charge in [0.1, 0.15) is 37.9 Å². The Kier molecular flexibility index (Phi) is 8.15. The van der Waals surface area contributed by atoms with Crippen molar-refractivity contribution in [2.45, 2.75) is 34.6 Å². The zero-order chi connectivity index (χ0) is 24.0. The van der Waals surface area contributed by atoms with Crippen molar-refractivity contribution in [1.82, 2.24) is 0 Å². The fraction of sp³-hybridized carbons (Fsp3) is 0.407. The fourth-order valence-electron chi connectivity index (χ4n) is 3.43. The van der Waals surface area contributed by atoms with E-state index < -0.39 is 0 Å². The summed E-state index contributed by atoms with van der Waals surface area (Å²) in [5.41, 5.74) is 1.09. The molecule has 0 amide bonds. The van der Waals surface area contributed by atoms with Crippen molar-refractivity contribution in [3.63, 3.8) is 0 Å². The van der Waals surface area contributed by atoms with Crippen LogP contribution < -0.4 is 9.47 Å². The van der Waals surface area contributed by atoms with Crippen LogP contribution in [0.3, 0.4) is 0 Å². The summed E-state index contributed by atoms with van der Waals surface area (Å²) in [4.78, 5) is 23.5. The van der Waals surface area contributed by atoms with E-state index in [1.54, 1.807) is 27.7 Å². The highest BCUT2D eigenvalue weighted by atomic mass is 16.6. The Morgan fingerprint density at radius 2 is 1.12 bits per heavy atom. The van der Waals surface area contributed by atoms with Gasteiger partial charge in [-0.15, -0.1) is 0 Å². The second-order valence-corrected chi connectivity index (χ2v) is 8.59. The first-order valence-electron chi connectivity index (χ1n) is 11.3. The number of carbonyl (C=O) groups is 2. The Hall–Kier alpha value is -3.28. The summed E-state index contributed by atoms with van der Waals surface area (Å²) in [6.45, 7) is 10.1. The molecule has 176 valence electrons. The molecule has 0 saturated heterocycles. The highest BCUT2D eigenvalue weighted by Crippen LogP contribution is 2.43. The summed E-state index contributed by atoms with van der Waals surface area (Å²) in [5.74, 6) is 0.608. The second kappa shape index (κ2) is 11.0. The molecular formula is C27H32O6. The van der Waals surface area contributed by atoms with Crippen LogP contribution in [-0.2, 0) is 19.1 Å². The van der Waals surface area contributed by atoms with Crippen molar-refractivity contribution < 1.29 is 28.5 Å². The summed E-state index contributed by atoms with van der Waals surface area (Å²) in [6, 6.07) is 14.0. The van der Waals surface area contributed by atoms with Gasteiger partial charge < -0.3 is 18.9 Å². The summed E-state index contributed by atoms with van der Waals surface area (Å²) in [6.07, 6.45) is 0. The lowest BCUT2D eigenvalue weighted by molar-refractivity contribution is -0.148. The van der Waals surface area contributed by atoms with E-state index in [0.29, 0.717) is 0 Å². The molecule has 0 aromatic heterocycles. The third kappa shape index (κ3) is 5.95. The Morgan fingerprint density at radius 1 is 0.667 bits per heavy atom. The highest BCUT2D eigenvalue weighted by Gasteiger charge is 2.17. The molecule has 0 fully saturated rings. The second-order valence-electron chi connectivity index (χ2n) is 8.59. The van der Waals surface area contributed by atoms with Gasteiger partial charge in [-0.25, -0.2) is 0 Å². The van der Waals surface area contributed by atoms with Gasteiger partial charge in [0.2, 0.25) is 0 Å². The third-order valence-corrected chi connectivity index (χ3v) is 5.17. The van der Waals surface area contributed by atoms with Crippen LogP contribution in [-0.4, -0.2) is 38.4 Å². The summed E-state index contributed by atoms with van der Waals surface area (Å²) < 4.78 is 22.8. The summed E-state index contributed by atoms with van der Waals surface area (Å²) in [5, 5.41) is 3.62. The molecule has 0 spiro atoms. The van der Waals surface area contributed by atoms with E-state index in [1.165, 1.54) is 0 Å². The molecule has 6 heteroatoms. The number of ether oxygens (including phenoxy) is 4. The quantitative estimate of drug-likeness (QED) is 0.231. The smallest absolute Gasteiger partial charge is 0.308 e. The van der Waals surface area contributed by atoms with Crippen molar-refractivity contribution in [3.8, 4) is 11.5 Å². The lowest BCUT2D eigenvalue weighted by Crippen LogP contribution is -2.17. The van der Waals surface area contributed by atoms with Crippen molar-refractivity contribution in [2.24, 2.45) is 11.8 Å². The molecule has 0 aliphatic rings. The molecule has 3 aromatic carbocycles. The van der Waals surface area contributed by atoms with Gasteiger partial charge in [0.25, 0.3) is 0 Å². The van der Waals surface area contributed by atoms with Gasteiger partial charge in [-0.3, -0.25) is 9.59 Å². The monoisotopic (exact) mass is 452 g/mol. The van der Waals surface area contributed by atoms with Crippen LogP contribution in [0, 0.1) is 18.8 Å². The van der Waals surface area contributed by atoms with Gasteiger partial charge in [0.05, 0.1) is 11.8 Å². The Morgan fingerprint density at radius 3 is 1.61 bits per heavy atom. The van der Waals surface area contributed by atoms with Crippen LogP contribution >= 0.6 is 0 Å². The number of benzene rings is 3. The first-order valence-corrected chi connectivity index (χ1v) is 11.3. The molecule has 0 atom stereocenters. The summed E-state index contributed by atoms with van der Waals surface area (Å²) in [7, 11) is 0. The molecular weight excluding hydrogens is 420 g/mol. The summed E-state index contributed by atoms with van der Waals surface area (Å²) >= 11 is 0. The topological polar surface area (TPSA) is 71.1 Å². The van der Waals surface area contributed by atoms with Crippen molar-refractivity contribution in [1.29, 1.82) is 0 Å². The van der Waals surface area contributed by atoms with Gasteiger partial charge in [-0.2, -0.15) is 0 Å². The molecule has 0 bridgehead atoms. The standard InChI is InChI=1S/C27H32O6/c1-17(2)26(28)32-14-12-30-24-20-8-6-7-9-21(20)25(23-16-19(5)10-11-22(23)24)31-13-15-33-27(29)18(3)4/h6-11,16-18H,12-15H2,1-5H3. The molecule has 0 aliphatic heterocycles. The normalized spacial score (nSPS) is 11.2. The van der Waals surface area contributed by atoms with Gasteiger partial charge in [0, 0.05) is 21.5 Å². The van der Waals surface area contributed by atoms with Crippen LogP contribution in [0.1, 0.15) is 33.3 Å². The molecule has 0 aliphatic carbocycles. The molecule has 0 N–H and O–H groups in total. The maximum absolute atomic E-state index is 11.7. The predicted octanol–water partition coefficient (Wildman–Crippen LogP) is 5.46. The van der Waals surface area contributed by atoms with Gasteiger partial charge >= 0.3 is 11.9 Å². The SMILES string of the molecule is Cc1ccc2c(OCCOC(=O)C(C)C)c3ccccc3c(OCCOC(=O)C(C)C)c2c1. The molecule has 0 radical (unpaired) electrons. The molecule has 33 heavy (non-hydrogen) atoms. The van der Waals surface area contributed by atoms with Gasteiger partial charge in [-0.05, 0) is 13.0 Å². The van der Waals surface area contributed by atoms with Crippen LogP contribution in [0.15, 0.2) is 42.5 Å². The molecule has 6 nitrogen and oxygen atoms in total. The van der Waals surface area contributed by atoms with Crippen molar-refractivity contribution >= 4 is 33.5 Å². The number of hydrogen-bond acceptors (Lipinski definition) is 6. The van der Waals surface area contributed by atoms with E-state index in [2.05, 4.69) is 6.07 Å². The van der Waals surface area contributed by atoms with Crippen molar-refractivity contribution in [3.05, 3.63) is 48.0 Å². The molecule has 0 unspecified atom stereocenters. The first kappa shape index (κ1) is 24.4. The zero-order valence-electron chi connectivity index (χ0n) is 20.0. The van der Waals surface area contributed by atoms with Crippen molar-refractivity contribution in [2.75, 3.05) is 26.4 Å². The highest BCUT2D eigenvalue weighted by molar-refractivity contribution is 6.11. The molecule has 0 heterocycles. The average Bonchev–Trinajstić information content (AvgIpc) is 2.79. The van der Waals surface area contributed by atoms with E-state index in [9.17, 15) is 9.59 Å². The minimum Gasteiger partial charge on any atom is -0.489 e.